The second-order valence-electron chi connectivity index (χ2n) is 6.20. The number of carbonyl (C=O) groups is 2. The van der Waals surface area contributed by atoms with Gasteiger partial charge in [-0.1, -0.05) is 11.6 Å². The number of halogens is 1. The van der Waals surface area contributed by atoms with Crippen LogP contribution < -0.4 is 15.0 Å². The third kappa shape index (κ3) is 6.86. The van der Waals surface area contributed by atoms with Crippen LogP contribution in [0.15, 0.2) is 36.4 Å². The van der Waals surface area contributed by atoms with E-state index in [1.165, 1.54) is 11.3 Å². The van der Waals surface area contributed by atoms with E-state index in [0.29, 0.717) is 23.1 Å². The summed E-state index contributed by atoms with van der Waals surface area (Å²) in [7, 11) is 3.43. The number of likely N-dealkylation sites (N-methyl/N-ethyl adjacent to an activating group) is 2. The molecule has 0 aliphatic carbocycles. The van der Waals surface area contributed by atoms with E-state index >= 15 is 0 Å². The molecule has 1 aromatic heterocycles. The summed E-state index contributed by atoms with van der Waals surface area (Å²) in [6, 6.07) is 10.9. The van der Waals surface area contributed by atoms with E-state index in [1.807, 2.05) is 26.1 Å². The van der Waals surface area contributed by atoms with Crippen LogP contribution in [0.1, 0.15) is 11.8 Å². The zero-order chi connectivity index (χ0) is 19.8. The SMILES string of the molecule is CCN(Cc1ccc(Cl)s1)C(=O)C[NH+](C)CC(=O)Nc1ccc(OC)cc1. The summed E-state index contributed by atoms with van der Waals surface area (Å²) in [6.07, 6.45) is 0. The highest BCUT2D eigenvalue weighted by atomic mass is 35.5. The van der Waals surface area contributed by atoms with Gasteiger partial charge in [-0.3, -0.25) is 9.59 Å². The molecule has 0 spiro atoms. The van der Waals surface area contributed by atoms with Gasteiger partial charge in [-0.05, 0) is 43.3 Å². The van der Waals surface area contributed by atoms with Gasteiger partial charge in [0.25, 0.3) is 11.8 Å². The number of benzene rings is 1. The Balaban J connectivity index is 1.82. The van der Waals surface area contributed by atoms with Crippen LogP contribution in [0.3, 0.4) is 0 Å². The topological polar surface area (TPSA) is 63.1 Å². The summed E-state index contributed by atoms with van der Waals surface area (Å²) in [5.74, 6) is 0.600. The molecule has 0 bridgehead atoms. The Hall–Kier alpha value is -2.09. The van der Waals surface area contributed by atoms with Crippen molar-refractivity contribution in [2.75, 3.05) is 39.1 Å². The third-order valence-corrected chi connectivity index (χ3v) is 5.21. The molecule has 2 N–H and O–H groups in total. The molecule has 0 aliphatic rings. The average molecular weight is 411 g/mol. The number of thiophene rings is 1. The maximum atomic E-state index is 12.5. The molecular weight excluding hydrogens is 386 g/mol. The Morgan fingerprint density at radius 1 is 1.19 bits per heavy atom. The minimum absolute atomic E-state index is 0.0109. The number of nitrogens with one attached hydrogen (secondary N) is 2. The second kappa shape index (κ2) is 10.3. The summed E-state index contributed by atoms with van der Waals surface area (Å²) in [5, 5.41) is 2.83. The van der Waals surface area contributed by atoms with E-state index in [9.17, 15) is 9.59 Å². The van der Waals surface area contributed by atoms with Crippen molar-refractivity contribution in [1.82, 2.24) is 4.90 Å². The molecule has 2 aromatic rings. The van der Waals surface area contributed by atoms with Crippen LogP contribution in [0.4, 0.5) is 5.69 Å². The predicted octanol–water partition coefficient (Wildman–Crippen LogP) is 1.91. The summed E-state index contributed by atoms with van der Waals surface area (Å²) in [5.41, 5.74) is 0.699. The number of quaternary nitrogens is 1. The highest BCUT2D eigenvalue weighted by molar-refractivity contribution is 7.16. The third-order valence-electron chi connectivity index (χ3n) is 4.00. The van der Waals surface area contributed by atoms with Gasteiger partial charge < -0.3 is 19.9 Å². The Labute approximate surface area is 168 Å². The highest BCUT2D eigenvalue weighted by Gasteiger charge is 2.19. The first-order chi connectivity index (χ1) is 12.9. The minimum Gasteiger partial charge on any atom is -0.497 e. The fraction of sp³-hybridized carbons (Fsp3) is 0.368. The number of rotatable bonds is 9. The number of amides is 2. The first kappa shape index (κ1) is 21.2. The quantitative estimate of drug-likeness (QED) is 0.663. The number of hydrogen-bond donors (Lipinski definition) is 2. The molecule has 0 fully saturated rings. The zero-order valence-corrected chi connectivity index (χ0v) is 17.3. The zero-order valence-electron chi connectivity index (χ0n) is 15.8. The van der Waals surface area contributed by atoms with Gasteiger partial charge in [0.1, 0.15) is 5.75 Å². The van der Waals surface area contributed by atoms with Crippen molar-refractivity contribution < 1.29 is 19.2 Å². The van der Waals surface area contributed by atoms with Crippen molar-refractivity contribution in [1.29, 1.82) is 0 Å². The van der Waals surface area contributed by atoms with Crippen LogP contribution in [-0.2, 0) is 16.1 Å². The van der Waals surface area contributed by atoms with E-state index in [1.54, 1.807) is 36.3 Å². The molecule has 0 radical (unpaired) electrons. The van der Waals surface area contributed by atoms with Gasteiger partial charge in [-0.2, -0.15) is 0 Å². The molecule has 8 heteroatoms. The molecule has 1 aromatic carbocycles. The van der Waals surface area contributed by atoms with Crippen molar-refractivity contribution in [2.24, 2.45) is 0 Å². The number of methoxy groups -OCH3 is 1. The lowest BCUT2D eigenvalue weighted by molar-refractivity contribution is -0.862. The van der Waals surface area contributed by atoms with E-state index in [-0.39, 0.29) is 24.9 Å². The number of carbonyl (C=O) groups excluding carboxylic acids is 2. The lowest BCUT2D eigenvalue weighted by Crippen LogP contribution is -3.11. The number of hydrogen-bond acceptors (Lipinski definition) is 4. The van der Waals surface area contributed by atoms with Crippen molar-refractivity contribution in [3.05, 3.63) is 45.6 Å². The molecule has 6 nitrogen and oxygen atoms in total. The first-order valence-corrected chi connectivity index (χ1v) is 9.88. The standard InChI is InChI=1S/C19H24ClN3O3S/c1-4-23(11-16-9-10-17(20)27-16)19(25)13-22(2)12-18(24)21-14-5-7-15(26-3)8-6-14/h5-10H,4,11-13H2,1-3H3,(H,21,24)/p+1. The molecule has 0 saturated carbocycles. The fourth-order valence-electron chi connectivity index (χ4n) is 2.59. The average Bonchev–Trinajstić information content (AvgIpc) is 3.04. The summed E-state index contributed by atoms with van der Waals surface area (Å²) in [6.45, 7) is 3.56. The van der Waals surface area contributed by atoms with Crippen LogP contribution in [0.25, 0.3) is 0 Å². The predicted molar refractivity (Wildman–Crippen MR) is 109 cm³/mol. The van der Waals surface area contributed by atoms with Crippen molar-refractivity contribution >= 4 is 40.4 Å². The van der Waals surface area contributed by atoms with Gasteiger partial charge >= 0.3 is 0 Å². The van der Waals surface area contributed by atoms with Crippen LogP contribution in [-0.4, -0.2) is 50.5 Å². The van der Waals surface area contributed by atoms with Crippen LogP contribution in [0.5, 0.6) is 5.75 Å². The number of ether oxygens (including phenoxy) is 1. The summed E-state index contributed by atoms with van der Waals surface area (Å²) >= 11 is 7.43. The molecule has 1 heterocycles. The van der Waals surface area contributed by atoms with E-state index in [0.717, 1.165) is 15.5 Å². The Morgan fingerprint density at radius 3 is 2.44 bits per heavy atom. The first-order valence-electron chi connectivity index (χ1n) is 8.68. The number of anilines is 1. The Kier molecular flexibility index (Phi) is 8.09. The highest BCUT2D eigenvalue weighted by Crippen LogP contribution is 2.22. The maximum absolute atomic E-state index is 12.5. The molecule has 0 saturated heterocycles. The Morgan fingerprint density at radius 2 is 1.89 bits per heavy atom. The molecule has 2 amide bonds. The van der Waals surface area contributed by atoms with Gasteiger partial charge in [0.2, 0.25) is 0 Å². The Bertz CT molecular complexity index is 764. The van der Waals surface area contributed by atoms with Gasteiger partial charge in [-0.25, -0.2) is 0 Å². The molecule has 1 unspecified atom stereocenters. The van der Waals surface area contributed by atoms with E-state index < -0.39 is 0 Å². The van der Waals surface area contributed by atoms with Gasteiger partial charge in [0.05, 0.1) is 25.0 Å². The minimum atomic E-state index is -0.140. The maximum Gasteiger partial charge on any atom is 0.279 e. The lowest BCUT2D eigenvalue weighted by Gasteiger charge is -2.22. The van der Waals surface area contributed by atoms with Crippen molar-refractivity contribution in [2.45, 2.75) is 13.5 Å². The molecule has 2 rings (SSSR count). The van der Waals surface area contributed by atoms with Crippen molar-refractivity contribution in [3.63, 3.8) is 0 Å². The van der Waals surface area contributed by atoms with Crippen molar-refractivity contribution in [3.8, 4) is 5.75 Å². The fourth-order valence-corrected chi connectivity index (χ4v) is 3.69. The molecule has 0 aliphatic heterocycles. The van der Waals surface area contributed by atoms with Gasteiger partial charge in [0, 0.05) is 17.1 Å². The van der Waals surface area contributed by atoms with Crippen LogP contribution in [0, 0.1) is 0 Å². The molecule has 146 valence electrons. The largest absolute Gasteiger partial charge is 0.497 e. The van der Waals surface area contributed by atoms with Gasteiger partial charge in [-0.15, -0.1) is 11.3 Å². The number of nitrogens with zero attached hydrogens (tertiary/aromatic N) is 1. The van der Waals surface area contributed by atoms with Crippen LogP contribution in [0.2, 0.25) is 4.34 Å². The van der Waals surface area contributed by atoms with Crippen LogP contribution >= 0.6 is 22.9 Å². The molecule has 27 heavy (non-hydrogen) atoms. The molecule has 1 atom stereocenters. The van der Waals surface area contributed by atoms with E-state index in [2.05, 4.69) is 5.32 Å². The smallest absolute Gasteiger partial charge is 0.279 e. The second-order valence-corrected chi connectivity index (χ2v) is 8.00. The lowest BCUT2D eigenvalue weighted by atomic mass is 10.3. The summed E-state index contributed by atoms with van der Waals surface area (Å²) < 4.78 is 5.81. The normalized spacial score (nSPS) is 11.7. The van der Waals surface area contributed by atoms with E-state index in [4.69, 9.17) is 16.3 Å². The molecular formula is C19H25ClN3O3S+. The van der Waals surface area contributed by atoms with Gasteiger partial charge in [0.15, 0.2) is 13.1 Å². The monoisotopic (exact) mass is 410 g/mol. The summed E-state index contributed by atoms with van der Waals surface area (Å²) in [4.78, 5) is 28.4.